The lowest BCUT2D eigenvalue weighted by Gasteiger charge is -2.45. The van der Waals surface area contributed by atoms with Crippen molar-refractivity contribution in [3.05, 3.63) is 105 Å². The highest BCUT2D eigenvalue weighted by molar-refractivity contribution is 9.10. The molecule has 8 nitrogen and oxygen atoms in total. The maximum absolute atomic E-state index is 14.7. The van der Waals surface area contributed by atoms with Crippen molar-refractivity contribution in [3.8, 4) is 5.75 Å². The van der Waals surface area contributed by atoms with Crippen molar-refractivity contribution in [1.29, 1.82) is 0 Å². The first kappa shape index (κ1) is 36.8. The summed E-state index contributed by atoms with van der Waals surface area (Å²) in [6, 6.07) is 22.9. The number of nitrogens with one attached hydrogen (secondary N) is 1. The average Bonchev–Trinajstić information content (AvgIpc) is 3.96. The molecule has 0 spiro atoms. The predicted molar refractivity (Wildman–Crippen MR) is 199 cm³/mol. The van der Waals surface area contributed by atoms with Gasteiger partial charge >= 0.3 is 5.97 Å². The molecule has 2 N–H and O–H groups in total. The quantitative estimate of drug-likeness (QED) is 0.161. The summed E-state index contributed by atoms with van der Waals surface area (Å²) in [6.45, 7) is 5.24. The van der Waals surface area contributed by atoms with Crippen LogP contribution in [0.1, 0.15) is 69.1 Å². The number of amides is 2. The molecule has 1 aliphatic carbocycles. The summed E-state index contributed by atoms with van der Waals surface area (Å²) in [5, 5.41) is 13.3. The Balaban J connectivity index is 1.21. The monoisotopic (exact) mass is 759 g/mol. The molecule has 3 aromatic rings. The van der Waals surface area contributed by atoms with E-state index < -0.39 is 11.4 Å². The van der Waals surface area contributed by atoms with Crippen molar-refractivity contribution >= 4 is 39.3 Å². The number of halogens is 2. The smallest absolute Gasteiger partial charge is 0.309 e. The van der Waals surface area contributed by atoms with Crippen LogP contribution in [-0.4, -0.2) is 77.1 Å². The van der Waals surface area contributed by atoms with Gasteiger partial charge in [0.2, 0.25) is 5.91 Å². The number of hydrogen-bond acceptors (Lipinski definition) is 5. The summed E-state index contributed by atoms with van der Waals surface area (Å²) in [4.78, 5) is 43.7. The zero-order valence-corrected chi connectivity index (χ0v) is 31.0. The number of rotatable bonds is 15. The minimum absolute atomic E-state index is 0.0237. The van der Waals surface area contributed by atoms with E-state index in [-0.39, 0.29) is 48.6 Å². The number of hydrogen-bond donors (Lipinski definition) is 2. The minimum atomic E-state index is -0.991. The largest absolute Gasteiger partial charge is 0.492 e. The number of nitrogens with zero attached hydrogens (tertiary/aromatic N) is 2. The second-order valence-corrected chi connectivity index (χ2v) is 15.5. The number of carbonyl (C=O) groups is 3. The van der Waals surface area contributed by atoms with Crippen LogP contribution in [0.15, 0.2) is 82.8 Å². The molecule has 6 rings (SSSR count). The van der Waals surface area contributed by atoms with E-state index in [1.165, 1.54) is 17.7 Å². The number of carbonyl (C=O) groups excluding carboxylic acids is 2. The van der Waals surface area contributed by atoms with Gasteiger partial charge in [0.25, 0.3) is 5.91 Å². The second kappa shape index (κ2) is 16.1. The lowest BCUT2D eigenvalue weighted by atomic mass is 9.82. The van der Waals surface area contributed by atoms with Crippen molar-refractivity contribution < 1.29 is 28.6 Å². The first-order valence-electron chi connectivity index (χ1n) is 18.0. The Morgan fingerprint density at radius 3 is 2.43 bits per heavy atom. The van der Waals surface area contributed by atoms with Crippen molar-refractivity contribution in [1.82, 2.24) is 15.1 Å². The van der Waals surface area contributed by atoms with E-state index >= 15 is 0 Å². The molecule has 2 aliphatic heterocycles. The Morgan fingerprint density at radius 1 is 1.00 bits per heavy atom. The third-order valence-corrected chi connectivity index (χ3v) is 11.0. The van der Waals surface area contributed by atoms with E-state index in [1.807, 2.05) is 28.0 Å². The van der Waals surface area contributed by atoms with Crippen LogP contribution < -0.4 is 10.1 Å². The van der Waals surface area contributed by atoms with Gasteiger partial charge in [-0.15, -0.1) is 0 Å². The number of fused-ring (bicyclic) bond motifs is 2. The lowest BCUT2D eigenvalue weighted by Crippen LogP contribution is -2.62. The molecular weight excluding hydrogens is 713 g/mol. The van der Waals surface area contributed by atoms with E-state index in [0.717, 1.165) is 54.4 Å². The van der Waals surface area contributed by atoms with Crippen molar-refractivity contribution in [3.63, 3.8) is 0 Å². The van der Waals surface area contributed by atoms with Crippen molar-refractivity contribution in [2.75, 3.05) is 26.2 Å². The number of aliphatic carboxylic acids is 1. The highest BCUT2D eigenvalue weighted by Gasteiger charge is 2.43. The van der Waals surface area contributed by atoms with Gasteiger partial charge in [0.15, 0.2) is 0 Å². The topological polar surface area (TPSA) is 99.2 Å². The maximum atomic E-state index is 14.7. The highest BCUT2D eigenvalue weighted by atomic mass is 79.9. The van der Waals surface area contributed by atoms with Gasteiger partial charge in [0.1, 0.15) is 11.6 Å². The van der Waals surface area contributed by atoms with Gasteiger partial charge in [-0.1, -0.05) is 54.6 Å². The fourth-order valence-corrected chi connectivity index (χ4v) is 7.42. The molecule has 2 fully saturated rings. The Kier molecular flexibility index (Phi) is 11.6. The van der Waals surface area contributed by atoms with Crippen LogP contribution >= 0.6 is 15.9 Å². The second-order valence-electron chi connectivity index (χ2n) is 14.7. The zero-order valence-electron chi connectivity index (χ0n) is 29.4. The Hall–Kier alpha value is -4.02. The Labute approximate surface area is 308 Å². The highest BCUT2D eigenvalue weighted by Crippen LogP contribution is 2.37. The summed E-state index contributed by atoms with van der Waals surface area (Å²) in [6.07, 6.45) is 5.30. The fraction of sp³-hybridized carbons (Fsp3) is 0.439. The van der Waals surface area contributed by atoms with Crippen LogP contribution in [0, 0.1) is 11.2 Å². The number of piperazine rings is 1. The molecule has 10 heteroatoms. The third kappa shape index (κ3) is 9.26. The first-order chi connectivity index (χ1) is 24.5. The molecule has 3 aliphatic rings. The summed E-state index contributed by atoms with van der Waals surface area (Å²) < 4.78 is 20.2. The number of aryl methyl sites for hydroxylation is 1. The van der Waals surface area contributed by atoms with Crippen LogP contribution in [0.2, 0.25) is 0 Å². The summed E-state index contributed by atoms with van der Waals surface area (Å²) in [5.74, 6) is -0.810. The molecular formula is C41H47BrFN3O5. The molecule has 2 bridgehead atoms. The van der Waals surface area contributed by atoms with Gasteiger partial charge in [0, 0.05) is 49.8 Å². The van der Waals surface area contributed by atoms with Crippen molar-refractivity contribution in [2.45, 2.75) is 83.3 Å². The lowest BCUT2D eigenvalue weighted by molar-refractivity contribution is -0.148. The zero-order chi connectivity index (χ0) is 36.1. The van der Waals surface area contributed by atoms with E-state index in [2.05, 4.69) is 57.6 Å². The molecule has 51 heavy (non-hydrogen) atoms. The van der Waals surface area contributed by atoms with Crippen LogP contribution in [0.3, 0.4) is 0 Å². The van der Waals surface area contributed by atoms with E-state index in [1.54, 1.807) is 19.9 Å². The van der Waals surface area contributed by atoms with Gasteiger partial charge < -0.3 is 25.0 Å². The molecule has 1 saturated heterocycles. The van der Waals surface area contributed by atoms with Gasteiger partial charge in [-0.25, -0.2) is 4.39 Å². The molecule has 2 atom stereocenters. The molecule has 0 radical (unpaired) electrons. The van der Waals surface area contributed by atoms with Crippen LogP contribution in [0.4, 0.5) is 4.39 Å². The summed E-state index contributed by atoms with van der Waals surface area (Å²) in [7, 11) is 0. The fourth-order valence-electron chi connectivity index (χ4n) is 7.06. The molecule has 1 saturated carbocycles. The van der Waals surface area contributed by atoms with Crippen LogP contribution in [-0.2, 0) is 27.2 Å². The van der Waals surface area contributed by atoms with Gasteiger partial charge in [-0.3, -0.25) is 14.4 Å². The van der Waals surface area contributed by atoms with Crippen LogP contribution in [0.25, 0.3) is 5.57 Å². The first-order valence-corrected chi connectivity index (χ1v) is 18.8. The molecule has 2 amide bonds. The van der Waals surface area contributed by atoms with E-state index in [4.69, 9.17) is 4.74 Å². The number of benzene rings is 3. The molecule has 2 unspecified atom stereocenters. The summed E-state index contributed by atoms with van der Waals surface area (Å²) in [5.41, 5.74) is 4.12. The van der Waals surface area contributed by atoms with Gasteiger partial charge in [0.05, 0.1) is 22.5 Å². The summed E-state index contributed by atoms with van der Waals surface area (Å²) >= 11 is 3.41. The number of carboxylic acids is 1. The van der Waals surface area contributed by atoms with Gasteiger partial charge in [-0.05, 0) is 109 Å². The minimum Gasteiger partial charge on any atom is -0.492 e. The SMILES string of the molecule is CC(C)(CCC(=O)N1CC2CC(c3ccc(CCCOc4cc(F)ccc4Br)cc3)=C(C(=O)N(CCc3ccccc3)C3CC3)C(C1)N2)C(=O)O. The molecule has 0 aromatic heterocycles. The van der Waals surface area contributed by atoms with Gasteiger partial charge in [-0.2, -0.15) is 0 Å². The Morgan fingerprint density at radius 2 is 1.73 bits per heavy atom. The van der Waals surface area contributed by atoms with Crippen LogP contribution in [0.5, 0.6) is 5.75 Å². The maximum Gasteiger partial charge on any atom is 0.309 e. The predicted octanol–water partition coefficient (Wildman–Crippen LogP) is 7.05. The number of ether oxygens (including phenoxy) is 1. The van der Waals surface area contributed by atoms with Crippen molar-refractivity contribution in [2.24, 2.45) is 5.41 Å². The van der Waals surface area contributed by atoms with E-state index in [0.29, 0.717) is 42.9 Å². The normalized spacial score (nSPS) is 18.8. The number of carboxylic acid groups (broad SMARTS) is 1. The average molecular weight is 761 g/mol. The molecule has 270 valence electrons. The standard InChI is InChI=1S/C41H47BrFN3O5/c1-41(2,40(49)50)20-18-37(47)45-25-31-24-33(29-12-10-28(11-13-29)9-6-22-51-36-23-30(43)14-17-34(36)42)38(35(26-45)44-31)39(48)46(32-15-16-32)21-19-27-7-4-3-5-8-27/h3-5,7-8,10-14,17,23,31-32,35,44H,6,9,15-16,18-22,24-26H2,1-2H3,(H,49,50). The molecule has 3 aromatic carbocycles. The molecule has 2 heterocycles. The third-order valence-electron chi connectivity index (χ3n) is 10.3. The van der Waals surface area contributed by atoms with E-state index in [9.17, 15) is 23.9 Å². The Bertz CT molecular complexity index is 1760.